The summed E-state index contributed by atoms with van der Waals surface area (Å²) in [6, 6.07) is 0.0764. The lowest BCUT2D eigenvalue weighted by Crippen LogP contribution is -2.39. The number of rotatable bonds is 0. The molecule has 0 aromatic carbocycles. The molecule has 0 aromatic rings. The molecule has 2 rings (SSSR count). The third-order valence-electron chi connectivity index (χ3n) is 2.67. The van der Waals surface area contributed by atoms with E-state index >= 15 is 0 Å². The van der Waals surface area contributed by atoms with Gasteiger partial charge in [0.2, 0.25) is 5.91 Å². The molecule has 3 heteroatoms. The molecule has 0 radical (unpaired) electrons. The Morgan fingerprint density at radius 3 is 3.17 bits per heavy atom. The van der Waals surface area contributed by atoms with Crippen molar-refractivity contribution >= 4 is 5.91 Å². The minimum Gasteiger partial charge on any atom is -0.391 e. The maximum Gasteiger partial charge on any atom is 0.223 e. The predicted molar refractivity (Wildman–Crippen MR) is 44.5 cm³/mol. The molecule has 66 valence electrons. The Labute approximate surface area is 71.7 Å². The van der Waals surface area contributed by atoms with Crippen molar-refractivity contribution in [1.29, 1.82) is 0 Å². The van der Waals surface area contributed by atoms with E-state index in [2.05, 4.69) is 0 Å². The lowest BCUT2D eigenvalue weighted by atomic mass is 10.1. The van der Waals surface area contributed by atoms with Gasteiger partial charge >= 0.3 is 0 Å². The van der Waals surface area contributed by atoms with Gasteiger partial charge in [0, 0.05) is 13.0 Å². The molecule has 1 saturated heterocycles. The summed E-state index contributed by atoms with van der Waals surface area (Å²) in [4.78, 5) is 13.1. The van der Waals surface area contributed by atoms with Crippen LogP contribution in [0.2, 0.25) is 0 Å². The fourth-order valence-electron chi connectivity index (χ4n) is 1.97. The summed E-state index contributed by atoms with van der Waals surface area (Å²) < 4.78 is 0. The second-order valence-corrected chi connectivity index (χ2v) is 3.43. The van der Waals surface area contributed by atoms with Gasteiger partial charge in [-0.25, -0.2) is 0 Å². The topological polar surface area (TPSA) is 40.5 Å². The zero-order valence-electron chi connectivity index (χ0n) is 6.94. The number of fused-ring (bicyclic) bond motifs is 1. The Hall–Kier alpha value is -0.830. The molecule has 1 unspecified atom stereocenters. The highest BCUT2D eigenvalue weighted by Crippen LogP contribution is 2.24. The van der Waals surface area contributed by atoms with Gasteiger partial charge in [-0.3, -0.25) is 4.79 Å². The van der Waals surface area contributed by atoms with E-state index in [1.165, 1.54) is 0 Å². The minimum atomic E-state index is -0.352. The molecule has 12 heavy (non-hydrogen) atoms. The van der Waals surface area contributed by atoms with Gasteiger partial charge in [-0.2, -0.15) is 0 Å². The van der Waals surface area contributed by atoms with Gasteiger partial charge in [0.15, 0.2) is 0 Å². The van der Waals surface area contributed by atoms with Crippen LogP contribution in [0.3, 0.4) is 0 Å². The average Bonchev–Trinajstić information content (AvgIpc) is 2.30. The molecule has 1 amide bonds. The molecule has 0 aromatic heterocycles. The fraction of sp³-hybridized carbons (Fsp3) is 0.667. The molecule has 2 heterocycles. The van der Waals surface area contributed by atoms with Crippen molar-refractivity contribution < 1.29 is 9.90 Å². The summed E-state index contributed by atoms with van der Waals surface area (Å²) >= 11 is 0. The summed E-state index contributed by atoms with van der Waals surface area (Å²) in [5.74, 6) is 0.186. The first kappa shape index (κ1) is 7.80. The van der Waals surface area contributed by atoms with E-state index in [1.54, 1.807) is 4.90 Å². The number of aliphatic hydroxyl groups excluding tert-OH is 1. The lowest BCUT2D eigenvalue weighted by Gasteiger charge is -2.25. The van der Waals surface area contributed by atoms with Crippen LogP contribution in [-0.2, 0) is 4.79 Å². The fourth-order valence-corrected chi connectivity index (χ4v) is 1.97. The monoisotopic (exact) mass is 167 g/mol. The molecule has 1 N–H and O–H groups in total. The zero-order chi connectivity index (χ0) is 8.55. The van der Waals surface area contributed by atoms with Crippen molar-refractivity contribution in [2.45, 2.75) is 31.4 Å². The summed E-state index contributed by atoms with van der Waals surface area (Å²) in [5.41, 5.74) is 0. The first-order chi connectivity index (χ1) is 5.79. The van der Waals surface area contributed by atoms with Crippen LogP contribution in [0.5, 0.6) is 0 Å². The van der Waals surface area contributed by atoms with Crippen molar-refractivity contribution in [3.8, 4) is 0 Å². The number of hydrogen-bond donors (Lipinski definition) is 1. The normalized spacial score (nSPS) is 35.1. The standard InChI is InChI=1S/C9H13NO2/c11-8-3-1-2-6-10-7(8)4-5-9(10)12/h1-2,7-8,11H,3-6H2/t7-,8?/m0/s1. The largest absolute Gasteiger partial charge is 0.391 e. The Morgan fingerprint density at radius 2 is 2.33 bits per heavy atom. The van der Waals surface area contributed by atoms with Gasteiger partial charge in [-0.1, -0.05) is 12.2 Å². The molecule has 2 aliphatic rings. The van der Waals surface area contributed by atoms with Crippen LogP contribution in [0.15, 0.2) is 12.2 Å². The number of hydrogen-bond acceptors (Lipinski definition) is 2. The van der Waals surface area contributed by atoms with Crippen LogP contribution in [0, 0.1) is 0 Å². The minimum absolute atomic E-state index is 0.0764. The van der Waals surface area contributed by atoms with Gasteiger partial charge in [0.05, 0.1) is 12.1 Å². The Balaban J connectivity index is 2.18. The summed E-state index contributed by atoms with van der Waals surface area (Å²) in [5, 5.41) is 9.63. The molecule has 0 saturated carbocycles. The Kier molecular flexibility index (Phi) is 1.89. The number of aliphatic hydroxyl groups is 1. The highest BCUT2D eigenvalue weighted by Gasteiger charge is 2.35. The Morgan fingerprint density at radius 1 is 1.50 bits per heavy atom. The molecule has 0 aliphatic carbocycles. The van der Waals surface area contributed by atoms with Gasteiger partial charge in [-0.15, -0.1) is 0 Å². The predicted octanol–water partition coefficient (Wildman–Crippen LogP) is 0.298. The number of nitrogens with zero attached hydrogens (tertiary/aromatic N) is 1. The van der Waals surface area contributed by atoms with Crippen LogP contribution < -0.4 is 0 Å². The van der Waals surface area contributed by atoms with Crippen LogP contribution in [-0.4, -0.2) is 34.6 Å². The molecule has 0 bridgehead atoms. The van der Waals surface area contributed by atoms with Crippen molar-refractivity contribution in [3.05, 3.63) is 12.2 Å². The van der Waals surface area contributed by atoms with E-state index in [4.69, 9.17) is 0 Å². The van der Waals surface area contributed by atoms with Crippen LogP contribution in [0.1, 0.15) is 19.3 Å². The summed E-state index contributed by atoms with van der Waals surface area (Å²) in [6.45, 7) is 0.681. The van der Waals surface area contributed by atoms with Gasteiger partial charge in [0.25, 0.3) is 0 Å². The molecule has 0 spiro atoms. The molecular weight excluding hydrogens is 154 g/mol. The highest BCUT2D eigenvalue weighted by molar-refractivity contribution is 5.79. The van der Waals surface area contributed by atoms with Gasteiger partial charge in [0.1, 0.15) is 0 Å². The SMILES string of the molecule is O=C1CC[C@H]2C(O)CC=CCN12. The average molecular weight is 167 g/mol. The van der Waals surface area contributed by atoms with E-state index < -0.39 is 0 Å². The number of carbonyl (C=O) groups is 1. The molecule has 2 atom stereocenters. The van der Waals surface area contributed by atoms with Gasteiger partial charge in [-0.05, 0) is 12.8 Å². The van der Waals surface area contributed by atoms with E-state index in [0.29, 0.717) is 19.4 Å². The maximum absolute atomic E-state index is 11.3. The Bertz CT molecular complexity index is 225. The molecule has 3 nitrogen and oxygen atoms in total. The van der Waals surface area contributed by atoms with Crippen LogP contribution >= 0.6 is 0 Å². The van der Waals surface area contributed by atoms with Crippen molar-refractivity contribution in [2.75, 3.05) is 6.54 Å². The number of carbonyl (C=O) groups excluding carboxylic acids is 1. The lowest BCUT2D eigenvalue weighted by molar-refractivity contribution is -0.129. The third kappa shape index (κ3) is 1.14. The van der Waals surface area contributed by atoms with Crippen molar-refractivity contribution in [1.82, 2.24) is 4.90 Å². The highest BCUT2D eigenvalue weighted by atomic mass is 16.3. The number of amides is 1. The molecule has 2 aliphatic heterocycles. The summed E-state index contributed by atoms with van der Waals surface area (Å²) in [7, 11) is 0. The molecule has 1 fully saturated rings. The smallest absolute Gasteiger partial charge is 0.223 e. The third-order valence-corrected chi connectivity index (χ3v) is 2.67. The van der Waals surface area contributed by atoms with Crippen molar-refractivity contribution in [3.63, 3.8) is 0 Å². The maximum atomic E-state index is 11.3. The van der Waals surface area contributed by atoms with Crippen LogP contribution in [0.4, 0.5) is 0 Å². The van der Waals surface area contributed by atoms with E-state index in [0.717, 1.165) is 6.42 Å². The second-order valence-electron chi connectivity index (χ2n) is 3.43. The van der Waals surface area contributed by atoms with Crippen LogP contribution in [0.25, 0.3) is 0 Å². The second kappa shape index (κ2) is 2.90. The van der Waals surface area contributed by atoms with Crippen molar-refractivity contribution in [2.24, 2.45) is 0 Å². The first-order valence-electron chi connectivity index (χ1n) is 4.41. The first-order valence-corrected chi connectivity index (χ1v) is 4.41. The van der Waals surface area contributed by atoms with E-state index in [-0.39, 0.29) is 18.1 Å². The zero-order valence-corrected chi connectivity index (χ0v) is 6.94. The quantitative estimate of drug-likeness (QED) is 0.527. The van der Waals surface area contributed by atoms with E-state index in [9.17, 15) is 9.90 Å². The van der Waals surface area contributed by atoms with E-state index in [1.807, 2.05) is 12.2 Å². The molecular formula is C9H13NO2. The van der Waals surface area contributed by atoms with Gasteiger partial charge < -0.3 is 10.0 Å². The summed E-state index contributed by atoms with van der Waals surface area (Å²) in [6.07, 6.45) is 5.68.